The van der Waals surface area contributed by atoms with Gasteiger partial charge in [0.2, 0.25) is 11.8 Å². The summed E-state index contributed by atoms with van der Waals surface area (Å²) in [6.07, 6.45) is 3.38. The molecule has 0 radical (unpaired) electrons. The van der Waals surface area contributed by atoms with Gasteiger partial charge in [0.1, 0.15) is 0 Å². The van der Waals surface area contributed by atoms with Crippen LogP contribution in [0.15, 0.2) is 11.6 Å². The topological polar surface area (TPSA) is 74.7 Å². The van der Waals surface area contributed by atoms with Gasteiger partial charge in [-0.2, -0.15) is 0 Å². The molecule has 1 aliphatic heterocycles. The highest BCUT2D eigenvalue weighted by Crippen LogP contribution is 2.46. The number of allylic oxidation sites excluding steroid dienone is 1. The minimum Gasteiger partial charge on any atom is -0.481 e. The number of hydrogen-bond donors (Lipinski definition) is 1. The number of carbonyl (C=O) groups excluding carboxylic acids is 2. The van der Waals surface area contributed by atoms with Crippen molar-refractivity contribution in [2.75, 3.05) is 0 Å². The van der Waals surface area contributed by atoms with Crippen molar-refractivity contribution in [3.63, 3.8) is 0 Å². The molecule has 104 valence electrons. The molecule has 2 rings (SSSR count). The van der Waals surface area contributed by atoms with Crippen LogP contribution in [0, 0.1) is 17.8 Å². The number of rotatable bonds is 3. The molecule has 19 heavy (non-hydrogen) atoms. The number of likely N-dealkylation sites (tertiary alicyclic amines) is 1. The van der Waals surface area contributed by atoms with E-state index in [9.17, 15) is 19.5 Å². The molecule has 5 heteroatoms. The first-order chi connectivity index (χ1) is 8.93. The third-order valence-electron chi connectivity index (χ3n) is 4.30. The van der Waals surface area contributed by atoms with Crippen molar-refractivity contribution in [2.24, 2.45) is 17.8 Å². The van der Waals surface area contributed by atoms with Crippen LogP contribution in [-0.4, -0.2) is 33.8 Å². The Morgan fingerprint density at radius 2 is 2.00 bits per heavy atom. The van der Waals surface area contributed by atoms with Crippen molar-refractivity contribution in [2.45, 2.75) is 39.7 Å². The normalized spacial score (nSPS) is 33.3. The highest BCUT2D eigenvalue weighted by molar-refractivity contribution is 6.02. The number of nitrogens with zero attached hydrogens (tertiary/aromatic N) is 1. The first kappa shape index (κ1) is 13.8. The molecule has 1 N–H and O–H groups in total. The molecule has 4 unspecified atom stereocenters. The zero-order valence-electron chi connectivity index (χ0n) is 11.4. The molecule has 1 saturated heterocycles. The zero-order valence-corrected chi connectivity index (χ0v) is 11.4. The lowest BCUT2D eigenvalue weighted by molar-refractivity contribution is -0.146. The predicted octanol–water partition coefficient (Wildman–Crippen LogP) is 1.44. The Morgan fingerprint density at radius 1 is 1.37 bits per heavy atom. The second-order valence-electron chi connectivity index (χ2n) is 5.23. The Morgan fingerprint density at radius 3 is 2.42 bits per heavy atom. The standard InChI is InChI=1S/C14H19NO4/c1-4-8-6-9(5-2)12-11(14(18)19)10(8)13(17)15(12)7(3)16/h6,8,10-12H,4-5H2,1-3H3,(H,18,19). The molecule has 2 amide bonds. The van der Waals surface area contributed by atoms with Crippen LogP contribution in [0.1, 0.15) is 33.6 Å². The number of imide groups is 1. The summed E-state index contributed by atoms with van der Waals surface area (Å²) < 4.78 is 0. The molecule has 4 atom stereocenters. The van der Waals surface area contributed by atoms with Crippen LogP contribution in [0.3, 0.4) is 0 Å². The summed E-state index contributed by atoms with van der Waals surface area (Å²) in [4.78, 5) is 36.8. The fraction of sp³-hybridized carbons (Fsp3) is 0.643. The van der Waals surface area contributed by atoms with Crippen molar-refractivity contribution in [1.29, 1.82) is 0 Å². The fourth-order valence-corrected chi connectivity index (χ4v) is 3.47. The predicted molar refractivity (Wildman–Crippen MR) is 68.1 cm³/mol. The largest absolute Gasteiger partial charge is 0.481 e. The first-order valence-electron chi connectivity index (χ1n) is 6.71. The Labute approximate surface area is 112 Å². The molecule has 1 fully saturated rings. The number of fused-ring (bicyclic) bond motifs is 2. The van der Waals surface area contributed by atoms with Gasteiger partial charge in [-0.1, -0.05) is 25.5 Å². The van der Waals surface area contributed by atoms with Crippen LogP contribution in [0.5, 0.6) is 0 Å². The van der Waals surface area contributed by atoms with Crippen molar-refractivity contribution in [3.05, 3.63) is 11.6 Å². The lowest BCUT2D eigenvalue weighted by Crippen LogP contribution is -2.42. The summed E-state index contributed by atoms with van der Waals surface area (Å²) in [7, 11) is 0. The molecule has 0 aromatic carbocycles. The molecule has 1 aliphatic carbocycles. The van der Waals surface area contributed by atoms with Gasteiger partial charge < -0.3 is 5.11 Å². The van der Waals surface area contributed by atoms with Crippen LogP contribution in [0.25, 0.3) is 0 Å². The Balaban J connectivity index is 2.56. The van der Waals surface area contributed by atoms with Gasteiger partial charge in [0.05, 0.1) is 17.9 Å². The second kappa shape index (κ2) is 4.79. The third kappa shape index (κ3) is 1.88. The van der Waals surface area contributed by atoms with Crippen LogP contribution in [0.4, 0.5) is 0 Å². The van der Waals surface area contributed by atoms with Gasteiger partial charge in [0.25, 0.3) is 0 Å². The van der Waals surface area contributed by atoms with Crippen LogP contribution in [0.2, 0.25) is 0 Å². The summed E-state index contributed by atoms with van der Waals surface area (Å²) in [5, 5.41) is 9.45. The van der Waals surface area contributed by atoms with E-state index in [2.05, 4.69) is 0 Å². The van der Waals surface area contributed by atoms with Crippen LogP contribution >= 0.6 is 0 Å². The molecular weight excluding hydrogens is 246 g/mol. The van der Waals surface area contributed by atoms with Crippen molar-refractivity contribution in [1.82, 2.24) is 4.90 Å². The molecule has 0 aromatic rings. The summed E-state index contributed by atoms with van der Waals surface area (Å²) >= 11 is 0. The first-order valence-corrected chi connectivity index (χ1v) is 6.71. The van der Waals surface area contributed by atoms with E-state index in [1.807, 2.05) is 19.9 Å². The average molecular weight is 265 g/mol. The molecule has 2 aliphatic rings. The van der Waals surface area contributed by atoms with Gasteiger partial charge >= 0.3 is 5.97 Å². The van der Waals surface area contributed by atoms with Crippen molar-refractivity contribution < 1.29 is 19.5 Å². The maximum atomic E-state index is 12.4. The molecule has 0 saturated carbocycles. The van der Waals surface area contributed by atoms with E-state index in [0.717, 1.165) is 10.5 Å². The lowest BCUT2D eigenvalue weighted by atomic mass is 9.72. The van der Waals surface area contributed by atoms with Gasteiger partial charge in [-0.25, -0.2) is 0 Å². The summed E-state index contributed by atoms with van der Waals surface area (Å²) in [5.41, 5.74) is 0.900. The van der Waals surface area contributed by atoms with E-state index in [0.29, 0.717) is 12.8 Å². The van der Waals surface area contributed by atoms with E-state index in [-0.39, 0.29) is 17.7 Å². The number of carboxylic acids is 1. The number of aliphatic carboxylic acids is 1. The third-order valence-corrected chi connectivity index (χ3v) is 4.30. The fourth-order valence-electron chi connectivity index (χ4n) is 3.47. The lowest BCUT2D eigenvalue weighted by Gasteiger charge is -2.31. The van der Waals surface area contributed by atoms with E-state index < -0.39 is 23.8 Å². The highest BCUT2D eigenvalue weighted by atomic mass is 16.4. The Kier molecular flexibility index (Phi) is 3.47. The van der Waals surface area contributed by atoms with Gasteiger partial charge in [-0.15, -0.1) is 0 Å². The summed E-state index contributed by atoms with van der Waals surface area (Å²) in [6, 6.07) is -0.583. The van der Waals surface area contributed by atoms with E-state index in [1.165, 1.54) is 6.92 Å². The number of amides is 2. The molecular formula is C14H19NO4. The van der Waals surface area contributed by atoms with E-state index in [4.69, 9.17) is 0 Å². The maximum absolute atomic E-state index is 12.4. The minimum atomic E-state index is -0.982. The molecule has 2 bridgehead atoms. The average Bonchev–Trinajstić information content (AvgIpc) is 2.59. The molecule has 0 spiro atoms. The molecule has 1 heterocycles. The van der Waals surface area contributed by atoms with Gasteiger partial charge in [0.15, 0.2) is 0 Å². The number of hydrogen-bond acceptors (Lipinski definition) is 3. The SMILES string of the molecule is CCC1=CC(CC)C2C(=O)N(C(C)=O)C1C2C(=O)O. The van der Waals surface area contributed by atoms with Crippen molar-refractivity contribution in [3.8, 4) is 0 Å². The summed E-state index contributed by atoms with van der Waals surface area (Å²) in [5.74, 6) is -3.13. The number of carbonyl (C=O) groups is 3. The van der Waals surface area contributed by atoms with Gasteiger partial charge in [0, 0.05) is 6.92 Å². The number of carboxylic acid groups (broad SMARTS) is 1. The molecule has 0 aromatic heterocycles. The Hall–Kier alpha value is -1.65. The van der Waals surface area contributed by atoms with E-state index in [1.54, 1.807) is 0 Å². The van der Waals surface area contributed by atoms with Gasteiger partial charge in [-0.05, 0) is 18.8 Å². The highest BCUT2D eigenvalue weighted by Gasteiger charge is 2.58. The summed E-state index contributed by atoms with van der Waals surface area (Å²) in [6.45, 7) is 5.20. The Bertz CT molecular complexity index is 468. The zero-order chi connectivity index (χ0) is 14.3. The van der Waals surface area contributed by atoms with E-state index >= 15 is 0 Å². The van der Waals surface area contributed by atoms with Gasteiger partial charge in [-0.3, -0.25) is 19.3 Å². The maximum Gasteiger partial charge on any atom is 0.309 e. The smallest absolute Gasteiger partial charge is 0.309 e. The van der Waals surface area contributed by atoms with Crippen molar-refractivity contribution >= 4 is 17.8 Å². The van der Waals surface area contributed by atoms with Crippen LogP contribution < -0.4 is 0 Å². The monoisotopic (exact) mass is 265 g/mol. The quantitative estimate of drug-likeness (QED) is 0.783. The second-order valence-corrected chi connectivity index (χ2v) is 5.23. The molecule has 5 nitrogen and oxygen atoms in total. The van der Waals surface area contributed by atoms with Crippen LogP contribution in [-0.2, 0) is 14.4 Å². The minimum absolute atomic E-state index is 0.0795.